The van der Waals surface area contributed by atoms with Crippen molar-refractivity contribution in [3.8, 4) is 17.3 Å². The molecule has 2 aliphatic carbocycles. The Kier molecular flexibility index (Phi) is 6.78. The number of benzene rings is 1. The second-order valence-corrected chi connectivity index (χ2v) is 16.3. The SMILES string of the molecule is COc1cc(C(=O)N2CC3CCC2[C@@H]3N)cc2nc(-c3cc4cccnc4n3CC3CC3)n(CC3CN(S(=O)(=O)C(C)C)C3)c12. The smallest absolute Gasteiger partial charge is 0.254 e. The maximum Gasteiger partial charge on any atom is 0.254 e. The summed E-state index contributed by atoms with van der Waals surface area (Å²) in [5.74, 6) is 2.41. The lowest BCUT2D eigenvalue weighted by Gasteiger charge is -2.39. The van der Waals surface area contributed by atoms with Crippen molar-refractivity contribution < 1.29 is 17.9 Å². The summed E-state index contributed by atoms with van der Waals surface area (Å²) in [6, 6.07) is 10.0. The number of amides is 1. The van der Waals surface area contributed by atoms with Crippen LogP contribution in [0.1, 0.15) is 49.9 Å². The Hall–Kier alpha value is -3.48. The average molecular weight is 632 g/mol. The first-order chi connectivity index (χ1) is 21.6. The number of piperidine rings is 1. The number of imidazole rings is 1. The number of likely N-dealkylation sites (tertiary alicyclic amines) is 1. The molecule has 4 aromatic rings. The van der Waals surface area contributed by atoms with E-state index < -0.39 is 15.3 Å². The molecule has 4 aliphatic rings. The molecule has 11 nitrogen and oxygen atoms in total. The molecule has 3 atom stereocenters. The van der Waals surface area contributed by atoms with Crippen LogP contribution in [0.2, 0.25) is 0 Å². The maximum atomic E-state index is 13.9. The quantitative estimate of drug-likeness (QED) is 0.298. The fraction of sp³-hybridized carbons (Fsp3) is 0.545. The van der Waals surface area contributed by atoms with Crippen molar-refractivity contribution in [2.45, 2.75) is 70.0 Å². The highest BCUT2D eigenvalue weighted by molar-refractivity contribution is 7.89. The topological polar surface area (TPSA) is 129 Å². The van der Waals surface area contributed by atoms with E-state index >= 15 is 0 Å². The Morgan fingerprint density at radius 1 is 1.04 bits per heavy atom. The van der Waals surface area contributed by atoms with Gasteiger partial charge in [-0.05, 0) is 81.7 Å². The number of sulfonamides is 1. The van der Waals surface area contributed by atoms with Crippen LogP contribution in [-0.4, -0.2) is 86.7 Å². The lowest BCUT2D eigenvalue weighted by molar-refractivity contribution is 0.0700. The molecule has 12 heteroatoms. The lowest BCUT2D eigenvalue weighted by atomic mass is 10.0. The van der Waals surface area contributed by atoms with E-state index in [0.29, 0.717) is 54.8 Å². The van der Waals surface area contributed by atoms with Crippen LogP contribution in [0.4, 0.5) is 0 Å². The van der Waals surface area contributed by atoms with Gasteiger partial charge in [0.25, 0.3) is 5.91 Å². The molecule has 4 fully saturated rings. The molecule has 0 radical (unpaired) electrons. The molecule has 8 rings (SSSR count). The van der Waals surface area contributed by atoms with Gasteiger partial charge in [0.05, 0.1) is 23.6 Å². The van der Waals surface area contributed by atoms with Crippen molar-refractivity contribution >= 4 is 38.0 Å². The highest BCUT2D eigenvalue weighted by Crippen LogP contribution is 2.41. The highest BCUT2D eigenvalue weighted by atomic mass is 32.2. The Bertz CT molecular complexity index is 1920. The molecule has 2 saturated carbocycles. The normalized spacial score (nSPS) is 23.9. The number of hydrogen-bond acceptors (Lipinski definition) is 7. The largest absolute Gasteiger partial charge is 0.494 e. The van der Waals surface area contributed by atoms with Gasteiger partial charge in [0, 0.05) is 67.9 Å². The van der Waals surface area contributed by atoms with Gasteiger partial charge in [-0.1, -0.05) is 0 Å². The zero-order chi connectivity index (χ0) is 31.2. The summed E-state index contributed by atoms with van der Waals surface area (Å²) in [6.45, 7) is 6.50. The van der Waals surface area contributed by atoms with E-state index in [4.69, 9.17) is 20.4 Å². The first-order valence-electron chi connectivity index (χ1n) is 16.2. The highest BCUT2D eigenvalue weighted by Gasteiger charge is 2.47. The summed E-state index contributed by atoms with van der Waals surface area (Å²) in [4.78, 5) is 25.8. The Labute approximate surface area is 263 Å². The number of nitrogens with two attached hydrogens (primary N) is 1. The average Bonchev–Trinajstić information content (AvgIpc) is 3.36. The van der Waals surface area contributed by atoms with Crippen molar-refractivity contribution in [2.75, 3.05) is 26.7 Å². The van der Waals surface area contributed by atoms with Crippen LogP contribution < -0.4 is 10.5 Å². The molecule has 1 amide bonds. The molecule has 2 N–H and O–H groups in total. The molecule has 0 spiro atoms. The van der Waals surface area contributed by atoms with E-state index in [9.17, 15) is 13.2 Å². The minimum atomic E-state index is -3.31. The number of carbonyl (C=O) groups excluding carboxylic acids is 1. The molecular weight excluding hydrogens is 590 g/mol. The molecule has 3 aromatic heterocycles. The molecule has 2 bridgehead atoms. The number of nitrogens with zero attached hydrogens (tertiary/aromatic N) is 6. The predicted octanol–water partition coefficient (Wildman–Crippen LogP) is 3.70. The minimum absolute atomic E-state index is 0.0328. The number of aromatic nitrogens is 4. The van der Waals surface area contributed by atoms with Gasteiger partial charge in [-0.2, -0.15) is 0 Å². The molecule has 1 aromatic carbocycles. The van der Waals surface area contributed by atoms with Gasteiger partial charge in [0.2, 0.25) is 10.0 Å². The van der Waals surface area contributed by atoms with Crippen molar-refractivity contribution in [3.05, 3.63) is 42.1 Å². The third-order valence-corrected chi connectivity index (χ3v) is 12.7. The number of fused-ring (bicyclic) bond motifs is 4. The van der Waals surface area contributed by atoms with Crippen LogP contribution in [0.15, 0.2) is 36.5 Å². The van der Waals surface area contributed by atoms with E-state index in [0.717, 1.165) is 47.5 Å². The number of rotatable bonds is 9. The van der Waals surface area contributed by atoms with E-state index in [-0.39, 0.29) is 23.9 Å². The van der Waals surface area contributed by atoms with E-state index in [1.807, 2.05) is 29.3 Å². The number of hydrogen-bond donors (Lipinski definition) is 1. The number of carbonyl (C=O) groups is 1. The number of methoxy groups -OCH3 is 1. The van der Waals surface area contributed by atoms with Gasteiger partial charge in [0.15, 0.2) is 5.82 Å². The maximum absolute atomic E-state index is 13.9. The fourth-order valence-electron chi connectivity index (χ4n) is 7.75. The van der Waals surface area contributed by atoms with E-state index in [1.165, 1.54) is 12.8 Å². The molecule has 2 aliphatic heterocycles. The molecule has 2 saturated heterocycles. The van der Waals surface area contributed by atoms with Gasteiger partial charge in [-0.25, -0.2) is 22.7 Å². The van der Waals surface area contributed by atoms with Crippen LogP contribution >= 0.6 is 0 Å². The van der Waals surface area contributed by atoms with Gasteiger partial charge >= 0.3 is 0 Å². The first-order valence-corrected chi connectivity index (χ1v) is 17.7. The summed E-state index contributed by atoms with van der Waals surface area (Å²) < 4.78 is 37.7. The van der Waals surface area contributed by atoms with E-state index in [2.05, 4.69) is 21.3 Å². The van der Waals surface area contributed by atoms with Crippen LogP contribution in [-0.2, 0) is 23.1 Å². The third-order valence-electron chi connectivity index (χ3n) is 10.5. The van der Waals surface area contributed by atoms with Gasteiger partial charge in [0.1, 0.15) is 16.9 Å². The third kappa shape index (κ3) is 4.67. The Morgan fingerprint density at radius 3 is 2.49 bits per heavy atom. The van der Waals surface area contributed by atoms with Crippen LogP contribution in [0, 0.1) is 17.8 Å². The summed E-state index contributed by atoms with van der Waals surface area (Å²) in [6.07, 6.45) is 6.25. The zero-order valence-electron chi connectivity index (χ0n) is 26.1. The predicted molar refractivity (Wildman–Crippen MR) is 172 cm³/mol. The fourth-order valence-corrected chi connectivity index (χ4v) is 9.18. The summed E-state index contributed by atoms with van der Waals surface area (Å²) in [5.41, 5.74) is 10.4. The molecule has 238 valence electrons. The van der Waals surface area contributed by atoms with Crippen molar-refractivity contribution in [1.29, 1.82) is 0 Å². The van der Waals surface area contributed by atoms with Crippen molar-refractivity contribution in [2.24, 2.45) is 23.5 Å². The van der Waals surface area contributed by atoms with E-state index in [1.54, 1.807) is 25.3 Å². The summed E-state index contributed by atoms with van der Waals surface area (Å²) in [7, 11) is -1.68. The Balaban J connectivity index is 1.24. The first kappa shape index (κ1) is 29.0. The van der Waals surface area contributed by atoms with Crippen molar-refractivity contribution in [1.82, 2.24) is 28.3 Å². The number of pyridine rings is 1. The van der Waals surface area contributed by atoms with Gasteiger partial charge in [-0.15, -0.1) is 0 Å². The summed E-state index contributed by atoms with van der Waals surface area (Å²) >= 11 is 0. The molecule has 2 unspecified atom stereocenters. The minimum Gasteiger partial charge on any atom is -0.494 e. The van der Waals surface area contributed by atoms with Crippen LogP contribution in [0.25, 0.3) is 33.6 Å². The zero-order valence-corrected chi connectivity index (χ0v) is 26.9. The molecule has 5 heterocycles. The number of ether oxygens (including phenoxy) is 1. The monoisotopic (exact) mass is 631 g/mol. The van der Waals surface area contributed by atoms with Gasteiger partial charge < -0.3 is 24.5 Å². The lowest BCUT2D eigenvalue weighted by Crippen LogP contribution is -2.53. The second-order valence-electron chi connectivity index (χ2n) is 13.8. The Morgan fingerprint density at radius 2 is 1.82 bits per heavy atom. The van der Waals surface area contributed by atoms with Crippen LogP contribution in [0.3, 0.4) is 0 Å². The van der Waals surface area contributed by atoms with Crippen molar-refractivity contribution in [3.63, 3.8) is 0 Å². The van der Waals surface area contributed by atoms with Gasteiger partial charge in [-0.3, -0.25) is 4.79 Å². The standard InChI is InChI=1S/C33H41N7O4S/c1-19(2)45(42,43)37-14-21(15-37)17-40-30-25(11-24(13-28(30)44-3)33(41)39-18-23-8-9-26(39)29(23)34)36-32(40)27-12-22-5-4-10-35-31(22)38(27)16-20-6-7-20/h4-5,10-13,19-21,23,26,29H,6-9,14-18,34H2,1-3H3/t23?,26?,29-/m1/s1. The summed E-state index contributed by atoms with van der Waals surface area (Å²) in [5, 5.41) is 0.595. The second kappa shape index (κ2) is 10.5. The molecule has 45 heavy (non-hydrogen) atoms. The molecular formula is C33H41N7O4S. The van der Waals surface area contributed by atoms with Crippen LogP contribution in [0.5, 0.6) is 5.75 Å².